The second-order valence-electron chi connectivity index (χ2n) is 5.65. The molecule has 0 bridgehead atoms. The van der Waals surface area contributed by atoms with Crippen LogP contribution in [0.2, 0.25) is 0 Å². The number of halogens is 1. The Hall–Kier alpha value is -1.76. The fourth-order valence-electron chi connectivity index (χ4n) is 2.48. The number of nitrogens with one attached hydrogen (secondary N) is 1. The topological polar surface area (TPSA) is 69.6 Å². The first-order valence-corrected chi connectivity index (χ1v) is 8.17. The molecule has 1 heterocycles. The van der Waals surface area contributed by atoms with Crippen LogP contribution in [0, 0.1) is 11.2 Å². The lowest BCUT2D eigenvalue weighted by Crippen LogP contribution is -2.40. The van der Waals surface area contributed by atoms with Crippen LogP contribution in [0.3, 0.4) is 0 Å². The number of urea groups is 1. The molecule has 0 aromatic heterocycles. The molecular formula is C15H19FN2O3S. The minimum absolute atomic E-state index is 0.187. The highest BCUT2D eigenvalue weighted by molar-refractivity contribution is 7.98. The Morgan fingerprint density at radius 3 is 2.82 bits per heavy atom. The molecule has 2 N–H and O–H groups in total. The summed E-state index contributed by atoms with van der Waals surface area (Å²) in [5.74, 6) is -1.24. The molecule has 0 radical (unpaired) electrons. The molecule has 120 valence electrons. The van der Waals surface area contributed by atoms with Crippen LogP contribution in [0.25, 0.3) is 0 Å². The molecule has 0 aliphatic carbocycles. The van der Waals surface area contributed by atoms with E-state index in [1.807, 2.05) is 6.26 Å². The van der Waals surface area contributed by atoms with Crippen LogP contribution in [0.4, 0.5) is 9.18 Å². The van der Waals surface area contributed by atoms with Crippen molar-refractivity contribution in [3.05, 3.63) is 29.6 Å². The van der Waals surface area contributed by atoms with Gasteiger partial charge in [-0.15, -0.1) is 11.8 Å². The van der Waals surface area contributed by atoms with Crippen LogP contribution in [-0.2, 0) is 11.3 Å². The predicted octanol–water partition coefficient (Wildman–Crippen LogP) is 2.55. The van der Waals surface area contributed by atoms with Gasteiger partial charge in [-0.1, -0.05) is 0 Å². The van der Waals surface area contributed by atoms with E-state index >= 15 is 0 Å². The SMILES string of the molecule is CSc1ccc(F)cc1CNC(=O)N1CCC(C)(C(=O)O)C1. The monoisotopic (exact) mass is 326 g/mol. The van der Waals surface area contributed by atoms with Gasteiger partial charge >= 0.3 is 12.0 Å². The lowest BCUT2D eigenvalue weighted by Gasteiger charge is -2.20. The van der Waals surface area contributed by atoms with E-state index in [2.05, 4.69) is 5.32 Å². The number of hydrogen-bond acceptors (Lipinski definition) is 3. The Kier molecular flexibility index (Phi) is 4.95. The van der Waals surface area contributed by atoms with Crippen molar-refractivity contribution >= 4 is 23.8 Å². The lowest BCUT2D eigenvalue weighted by molar-refractivity contribution is -0.147. The molecule has 1 aliphatic rings. The van der Waals surface area contributed by atoms with Crippen molar-refractivity contribution in [1.29, 1.82) is 0 Å². The van der Waals surface area contributed by atoms with Gasteiger partial charge in [0.2, 0.25) is 0 Å². The average molecular weight is 326 g/mol. The number of carbonyl (C=O) groups excluding carboxylic acids is 1. The molecule has 1 aromatic carbocycles. The molecule has 1 atom stereocenters. The van der Waals surface area contributed by atoms with E-state index in [1.54, 1.807) is 13.0 Å². The molecule has 2 rings (SSSR count). The first-order valence-electron chi connectivity index (χ1n) is 6.94. The molecule has 5 nitrogen and oxygen atoms in total. The van der Waals surface area contributed by atoms with Crippen molar-refractivity contribution in [1.82, 2.24) is 10.2 Å². The third-order valence-corrected chi connectivity index (χ3v) is 4.79. The summed E-state index contributed by atoms with van der Waals surface area (Å²) in [6.45, 7) is 2.45. The zero-order valence-electron chi connectivity index (χ0n) is 12.6. The fourth-order valence-corrected chi connectivity index (χ4v) is 3.07. The lowest BCUT2D eigenvalue weighted by atomic mass is 9.90. The van der Waals surface area contributed by atoms with Crippen LogP contribution in [-0.4, -0.2) is 41.4 Å². The third kappa shape index (κ3) is 3.52. The zero-order valence-corrected chi connectivity index (χ0v) is 13.4. The maximum atomic E-state index is 13.3. The fraction of sp³-hybridized carbons (Fsp3) is 0.467. The van der Waals surface area contributed by atoms with Gasteiger partial charge in [-0.3, -0.25) is 4.79 Å². The smallest absolute Gasteiger partial charge is 0.317 e. The standard InChI is InChI=1S/C15H19FN2O3S/c1-15(13(19)20)5-6-18(9-15)14(21)17-8-10-7-11(16)3-4-12(10)22-2/h3-4,7H,5-6,8-9H2,1-2H3,(H,17,21)(H,19,20). The Labute approximate surface area is 132 Å². The highest BCUT2D eigenvalue weighted by Gasteiger charge is 2.42. The van der Waals surface area contributed by atoms with Crippen molar-refractivity contribution in [3.63, 3.8) is 0 Å². The minimum atomic E-state index is -0.891. The number of rotatable bonds is 4. The molecule has 1 saturated heterocycles. The van der Waals surface area contributed by atoms with Gasteiger partial charge in [-0.05, 0) is 43.4 Å². The van der Waals surface area contributed by atoms with Gasteiger partial charge in [0.15, 0.2) is 0 Å². The Bertz CT molecular complexity index is 596. The summed E-state index contributed by atoms with van der Waals surface area (Å²) in [5, 5.41) is 11.9. The number of carboxylic acid groups (broad SMARTS) is 1. The number of hydrogen-bond donors (Lipinski definition) is 2. The van der Waals surface area contributed by atoms with Gasteiger partial charge in [0.1, 0.15) is 5.82 Å². The third-order valence-electron chi connectivity index (χ3n) is 3.95. The van der Waals surface area contributed by atoms with E-state index < -0.39 is 11.4 Å². The Balaban J connectivity index is 1.97. The summed E-state index contributed by atoms with van der Waals surface area (Å²) < 4.78 is 13.3. The molecule has 1 unspecified atom stereocenters. The number of carboxylic acids is 1. The molecule has 7 heteroatoms. The average Bonchev–Trinajstić information content (AvgIpc) is 2.89. The van der Waals surface area contributed by atoms with Crippen LogP contribution in [0.5, 0.6) is 0 Å². The summed E-state index contributed by atoms with van der Waals surface area (Å²) in [6.07, 6.45) is 2.32. The van der Waals surface area contributed by atoms with Crippen LogP contribution in [0.15, 0.2) is 23.1 Å². The maximum Gasteiger partial charge on any atom is 0.317 e. The maximum absolute atomic E-state index is 13.3. The number of carbonyl (C=O) groups is 2. The quantitative estimate of drug-likeness (QED) is 0.834. The summed E-state index contributed by atoms with van der Waals surface area (Å²) in [5.41, 5.74) is -0.179. The highest BCUT2D eigenvalue weighted by atomic mass is 32.2. The molecular weight excluding hydrogens is 307 g/mol. The minimum Gasteiger partial charge on any atom is -0.481 e. The van der Waals surface area contributed by atoms with E-state index in [1.165, 1.54) is 28.8 Å². The Morgan fingerprint density at radius 1 is 1.50 bits per heavy atom. The normalized spacial score (nSPS) is 21.0. The zero-order chi connectivity index (χ0) is 16.3. The summed E-state index contributed by atoms with van der Waals surface area (Å²) >= 11 is 1.48. The summed E-state index contributed by atoms with van der Waals surface area (Å²) in [7, 11) is 0. The van der Waals surface area contributed by atoms with Crippen molar-refractivity contribution in [3.8, 4) is 0 Å². The van der Waals surface area contributed by atoms with Crippen molar-refractivity contribution < 1.29 is 19.1 Å². The van der Waals surface area contributed by atoms with Crippen molar-refractivity contribution in [2.24, 2.45) is 5.41 Å². The van der Waals surface area contributed by atoms with Gasteiger partial charge in [-0.25, -0.2) is 9.18 Å². The van der Waals surface area contributed by atoms with E-state index in [4.69, 9.17) is 0 Å². The van der Waals surface area contributed by atoms with Gasteiger partial charge in [0.25, 0.3) is 0 Å². The molecule has 22 heavy (non-hydrogen) atoms. The van der Waals surface area contributed by atoms with Gasteiger partial charge in [0.05, 0.1) is 5.41 Å². The molecule has 0 spiro atoms. The molecule has 0 saturated carbocycles. The van der Waals surface area contributed by atoms with Crippen LogP contribution in [0.1, 0.15) is 18.9 Å². The van der Waals surface area contributed by atoms with Crippen molar-refractivity contribution in [2.45, 2.75) is 24.8 Å². The number of nitrogens with zero attached hydrogens (tertiary/aromatic N) is 1. The van der Waals surface area contributed by atoms with Crippen LogP contribution < -0.4 is 5.32 Å². The highest BCUT2D eigenvalue weighted by Crippen LogP contribution is 2.30. The van der Waals surface area contributed by atoms with Gasteiger partial charge in [-0.2, -0.15) is 0 Å². The summed E-state index contributed by atoms with van der Waals surface area (Å²) in [6, 6.07) is 4.15. The van der Waals surface area contributed by atoms with E-state index in [0.717, 1.165) is 4.90 Å². The van der Waals surface area contributed by atoms with E-state index in [0.29, 0.717) is 18.5 Å². The largest absolute Gasteiger partial charge is 0.481 e. The van der Waals surface area contributed by atoms with E-state index in [-0.39, 0.29) is 24.9 Å². The van der Waals surface area contributed by atoms with Gasteiger partial charge < -0.3 is 15.3 Å². The number of benzene rings is 1. The second-order valence-corrected chi connectivity index (χ2v) is 6.50. The number of thioether (sulfide) groups is 1. The van der Waals surface area contributed by atoms with E-state index in [9.17, 15) is 19.1 Å². The number of amides is 2. The number of likely N-dealkylation sites (tertiary alicyclic amines) is 1. The predicted molar refractivity (Wildman–Crippen MR) is 82.3 cm³/mol. The molecule has 1 aromatic rings. The second kappa shape index (κ2) is 6.56. The van der Waals surface area contributed by atoms with Crippen molar-refractivity contribution in [2.75, 3.05) is 19.3 Å². The molecule has 1 aliphatic heterocycles. The first-order chi connectivity index (χ1) is 10.4. The molecule has 2 amide bonds. The van der Waals surface area contributed by atoms with Gasteiger partial charge in [0, 0.05) is 24.5 Å². The van der Waals surface area contributed by atoms with Crippen LogP contribution >= 0.6 is 11.8 Å². The number of aliphatic carboxylic acids is 1. The summed E-state index contributed by atoms with van der Waals surface area (Å²) in [4.78, 5) is 25.7. The Morgan fingerprint density at radius 2 is 2.23 bits per heavy atom. The first kappa shape index (κ1) is 16.6. The molecule has 1 fully saturated rings.